The molecule has 0 aromatic heterocycles. The number of aliphatic hydroxyl groups is 1. The number of ketones is 1. The van der Waals surface area contributed by atoms with Crippen LogP contribution in [0.25, 0.3) is 0 Å². The summed E-state index contributed by atoms with van der Waals surface area (Å²) in [6, 6.07) is 0. The number of carbonyl (C=O) groups is 2. The quantitative estimate of drug-likeness (QED) is 0.470. The zero-order valence-corrected chi connectivity index (χ0v) is 6.20. The molecule has 0 rings (SSSR count). The van der Waals surface area contributed by atoms with Gasteiger partial charge >= 0.3 is 5.97 Å². The summed E-state index contributed by atoms with van der Waals surface area (Å²) < 4.78 is 0. The molecule has 62 valence electrons. The van der Waals surface area contributed by atoms with Crippen LogP contribution < -0.4 is 0 Å². The lowest BCUT2D eigenvalue weighted by Crippen LogP contribution is -1.99. The normalized spacial score (nSPS) is 11.2. The second kappa shape index (κ2) is 4.49. The molecule has 0 saturated carbocycles. The first kappa shape index (κ1) is 9.68. The molecule has 0 amide bonds. The van der Waals surface area contributed by atoms with E-state index < -0.39 is 11.7 Å². The fourth-order valence-electron chi connectivity index (χ4n) is 0.499. The maximum absolute atomic E-state index is 10.3. The van der Waals surface area contributed by atoms with Crippen LogP contribution in [0.3, 0.4) is 0 Å². The van der Waals surface area contributed by atoms with E-state index in [1.807, 2.05) is 0 Å². The third-order valence-corrected chi connectivity index (χ3v) is 1.05. The van der Waals surface area contributed by atoms with Crippen LogP contribution in [-0.4, -0.2) is 22.0 Å². The van der Waals surface area contributed by atoms with E-state index in [0.717, 1.165) is 6.08 Å². The van der Waals surface area contributed by atoms with Crippen molar-refractivity contribution >= 4 is 11.8 Å². The molecule has 4 heteroatoms. The van der Waals surface area contributed by atoms with E-state index in [-0.39, 0.29) is 18.6 Å². The number of aliphatic carboxylic acids is 1. The minimum Gasteiger partial charge on any atom is -0.502 e. The van der Waals surface area contributed by atoms with E-state index in [1.165, 1.54) is 6.92 Å². The van der Waals surface area contributed by atoms with E-state index in [2.05, 4.69) is 0 Å². The Morgan fingerprint density at radius 1 is 1.36 bits per heavy atom. The highest BCUT2D eigenvalue weighted by Gasteiger charge is 2.01. The first-order valence-corrected chi connectivity index (χ1v) is 3.16. The van der Waals surface area contributed by atoms with Gasteiger partial charge in [0.2, 0.25) is 0 Å². The summed E-state index contributed by atoms with van der Waals surface area (Å²) in [4.78, 5) is 20.3. The fraction of sp³-hybridized carbons (Fsp3) is 0.429. The van der Waals surface area contributed by atoms with E-state index >= 15 is 0 Å². The van der Waals surface area contributed by atoms with Crippen LogP contribution in [0, 0.1) is 0 Å². The summed E-state index contributed by atoms with van der Waals surface area (Å²) >= 11 is 0. The van der Waals surface area contributed by atoms with Gasteiger partial charge in [-0.05, 0) is 19.4 Å². The molecule has 4 nitrogen and oxygen atoms in total. The number of carboxylic acid groups (broad SMARTS) is 1. The highest BCUT2D eigenvalue weighted by atomic mass is 16.4. The third-order valence-electron chi connectivity index (χ3n) is 1.05. The average Bonchev–Trinajstić information content (AvgIpc) is 1.86. The van der Waals surface area contributed by atoms with Crippen molar-refractivity contribution in [2.75, 3.05) is 0 Å². The van der Waals surface area contributed by atoms with Crippen molar-refractivity contribution in [2.45, 2.75) is 19.8 Å². The summed E-state index contributed by atoms with van der Waals surface area (Å²) in [5.41, 5.74) is 0. The lowest BCUT2D eigenvalue weighted by atomic mass is 10.2. The van der Waals surface area contributed by atoms with Crippen LogP contribution in [0.5, 0.6) is 0 Å². The minimum atomic E-state index is -1.37. The number of hydrogen-bond acceptors (Lipinski definition) is 3. The van der Waals surface area contributed by atoms with Crippen molar-refractivity contribution in [3.05, 3.63) is 11.8 Å². The first-order chi connectivity index (χ1) is 5.04. The summed E-state index contributed by atoms with van der Waals surface area (Å²) in [5.74, 6) is -2.10. The Morgan fingerprint density at radius 2 is 1.91 bits per heavy atom. The zero-order chi connectivity index (χ0) is 8.85. The van der Waals surface area contributed by atoms with Crippen LogP contribution in [0.4, 0.5) is 0 Å². The van der Waals surface area contributed by atoms with E-state index in [4.69, 9.17) is 10.2 Å². The molecular weight excluding hydrogens is 148 g/mol. The van der Waals surface area contributed by atoms with E-state index in [9.17, 15) is 9.59 Å². The first-order valence-electron chi connectivity index (χ1n) is 3.16. The molecule has 0 aliphatic carbocycles. The molecule has 0 bridgehead atoms. The van der Waals surface area contributed by atoms with Gasteiger partial charge in [0.15, 0.2) is 5.76 Å². The minimum absolute atomic E-state index is 0.0283. The lowest BCUT2D eigenvalue weighted by Gasteiger charge is -1.90. The van der Waals surface area contributed by atoms with Gasteiger partial charge in [-0.1, -0.05) is 0 Å². The maximum atomic E-state index is 10.3. The third kappa shape index (κ3) is 5.14. The van der Waals surface area contributed by atoms with Gasteiger partial charge in [-0.2, -0.15) is 0 Å². The Bertz CT molecular complexity index is 193. The van der Waals surface area contributed by atoms with Gasteiger partial charge in [0.05, 0.1) is 0 Å². The number of carbonyl (C=O) groups excluding carboxylic acids is 1. The molecule has 0 aromatic carbocycles. The van der Waals surface area contributed by atoms with Gasteiger partial charge in [0.25, 0.3) is 0 Å². The second-order valence-electron chi connectivity index (χ2n) is 2.14. The molecule has 0 fully saturated rings. The number of allylic oxidation sites excluding steroid dienone is 1. The molecule has 11 heavy (non-hydrogen) atoms. The Morgan fingerprint density at radius 3 is 2.27 bits per heavy atom. The van der Waals surface area contributed by atoms with Crippen molar-refractivity contribution in [3.63, 3.8) is 0 Å². The largest absolute Gasteiger partial charge is 0.502 e. The van der Waals surface area contributed by atoms with Crippen LogP contribution in [0.2, 0.25) is 0 Å². The molecule has 0 saturated heterocycles. The second-order valence-corrected chi connectivity index (χ2v) is 2.14. The molecule has 2 N–H and O–H groups in total. The molecule has 0 radical (unpaired) electrons. The van der Waals surface area contributed by atoms with E-state index in [1.54, 1.807) is 0 Å². The Hall–Kier alpha value is -1.32. The molecule has 0 atom stereocenters. The van der Waals surface area contributed by atoms with Crippen LogP contribution >= 0.6 is 0 Å². The molecule has 0 unspecified atom stereocenters. The molecule has 0 spiro atoms. The predicted octanol–water partition coefficient (Wildman–Crippen LogP) is 0.882. The monoisotopic (exact) mass is 158 g/mol. The number of hydrogen-bond donors (Lipinski definition) is 2. The van der Waals surface area contributed by atoms with Gasteiger partial charge in [0.1, 0.15) is 5.78 Å². The Balaban J connectivity index is 3.74. The zero-order valence-electron chi connectivity index (χ0n) is 6.20. The maximum Gasteiger partial charge on any atom is 0.370 e. The number of aliphatic hydroxyl groups excluding tert-OH is 1. The topological polar surface area (TPSA) is 74.6 Å². The summed E-state index contributed by atoms with van der Waals surface area (Å²) in [6.45, 7) is 1.41. The van der Waals surface area contributed by atoms with Gasteiger partial charge in [0, 0.05) is 6.42 Å². The van der Waals surface area contributed by atoms with Crippen molar-refractivity contribution in [1.82, 2.24) is 0 Å². The summed E-state index contributed by atoms with van der Waals surface area (Å²) in [5, 5.41) is 16.7. The van der Waals surface area contributed by atoms with Crippen molar-refractivity contribution < 1.29 is 19.8 Å². The van der Waals surface area contributed by atoms with Crippen LogP contribution in [0.15, 0.2) is 11.8 Å². The van der Waals surface area contributed by atoms with Gasteiger partial charge in [-0.3, -0.25) is 0 Å². The standard InChI is InChI=1S/C7H10O4/c1-5(8)3-2-4-6(9)7(10)11/h4,9H,2-3H2,1H3,(H,10,11). The summed E-state index contributed by atoms with van der Waals surface area (Å²) in [6.07, 6.45) is 1.65. The molecule has 0 aliphatic rings. The number of rotatable bonds is 4. The molecule has 0 heterocycles. The van der Waals surface area contributed by atoms with Crippen molar-refractivity contribution in [1.29, 1.82) is 0 Å². The van der Waals surface area contributed by atoms with Gasteiger partial charge < -0.3 is 15.0 Å². The highest BCUT2D eigenvalue weighted by molar-refractivity contribution is 5.83. The molecule has 0 aliphatic heterocycles. The van der Waals surface area contributed by atoms with Crippen molar-refractivity contribution in [2.24, 2.45) is 0 Å². The molecular formula is C7H10O4. The van der Waals surface area contributed by atoms with Crippen LogP contribution in [-0.2, 0) is 9.59 Å². The highest BCUT2D eigenvalue weighted by Crippen LogP contribution is 1.96. The number of carboxylic acids is 1. The van der Waals surface area contributed by atoms with Gasteiger partial charge in [-0.25, -0.2) is 4.79 Å². The SMILES string of the molecule is CC(=O)CCC=C(O)C(=O)O. The lowest BCUT2D eigenvalue weighted by molar-refractivity contribution is -0.135. The fourth-order valence-corrected chi connectivity index (χ4v) is 0.499. The summed E-state index contributed by atoms with van der Waals surface area (Å²) in [7, 11) is 0. The van der Waals surface area contributed by atoms with Crippen LogP contribution in [0.1, 0.15) is 19.8 Å². The smallest absolute Gasteiger partial charge is 0.370 e. The van der Waals surface area contributed by atoms with Gasteiger partial charge in [-0.15, -0.1) is 0 Å². The molecule has 0 aromatic rings. The predicted molar refractivity (Wildman–Crippen MR) is 38.3 cm³/mol. The number of Topliss-reactive ketones (excluding diaryl/α,β-unsaturated/α-hetero) is 1. The van der Waals surface area contributed by atoms with E-state index in [0.29, 0.717) is 0 Å². The Labute approximate surface area is 64.2 Å². The Kier molecular flexibility index (Phi) is 3.95. The van der Waals surface area contributed by atoms with Crippen molar-refractivity contribution in [3.8, 4) is 0 Å². The average molecular weight is 158 g/mol.